The van der Waals surface area contributed by atoms with Crippen molar-refractivity contribution in [3.05, 3.63) is 29.3 Å². The van der Waals surface area contributed by atoms with Crippen molar-refractivity contribution in [1.82, 2.24) is 4.90 Å². The van der Waals surface area contributed by atoms with Gasteiger partial charge < -0.3 is 15.4 Å². The summed E-state index contributed by atoms with van der Waals surface area (Å²) < 4.78 is 5.40. The lowest BCUT2D eigenvalue weighted by molar-refractivity contribution is 0.255. The van der Waals surface area contributed by atoms with Crippen LogP contribution in [0, 0.1) is 5.92 Å². The molecule has 0 heterocycles. The van der Waals surface area contributed by atoms with Crippen molar-refractivity contribution in [2.75, 3.05) is 27.7 Å². The van der Waals surface area contributed by atoms with Crippen LogP contribution in [0.25, 0.3) is 0 Å². The van der Waals surface area contributed by atoms with E-state index in [1.807, 2.05) is 0 Å². The van der Waals surface area contributed by atoms with Crippen molar-refractivity contribution in [3.8, 4) is 5.75 Å². The molecule has 0 radical (unpaired) electrons. The predicted molar refractivity (Wildman–Crippen MR) is 81.6 cm³/mol. The highest BCUT2D eigenvalue weighted by Crippen LogP contribution is 2.29. The maximum Gasteiger partial charge on any atom is 0.122 e. The Kier molecular flexibility index (Phi) is 6.32. The highest BCUT2D eigenvalue weighted by molar-refractivity contribution is 5.38. The van der Waals surface area contributed by atoms with Crippen LogP contribution < -0.4 is 10.5 Å². The Morgan fingerprint density at radius 1 is 1.32 bits per heavy atom. The van der Waals surface area contributed by atoms with E-state index in [0.29, 0.717) is 12.0 Å². The number of aryl methyl sites for hydroxylation is 1. The quantitative estimate of drug-likeness (QED) is 0.823. The van der Waals surface area contributed by atoms with Crippen LogP contribution in [0.4, 0.5) is 0 Å². The van der Waals surface area contributed by atoms with Gasteiger partial charge in [0.2, 0.25) is 0 Å². The zero-order valence-electron chi connectivity index (χ0n) is 12.9. The van der Waals surface area contributed by atoms with Gasteiger partial charge in [0.05, 0.1) is 7.11 Å². The van der Waals surface area contributed by atoms with Gasteiger partial charge in [0.1, 0.15) is 5.75 Å². The van der Waals surface area contributed by atoms with Gasteiger partial charge in [0.25, 0.3) is 0 Å². The maximum absolute atomic E-state index is 5.76. The minimum absolute atomic E-state index is 0.412. The van der Waals surface area contributed by atoms with Crippen molar-refractivity contribution in [3.63, 3.8) is 0 Å². The van der Waals surface area contributed by atoms with Crippen LogP contribution in [0.3, 0.4) is 0 Å². The van der Waals surface area contributed by atoms with Gasteiger partial charge in [-0.25, -0.2) is 0 Å². The van der Waals surface area contributed by atoms with E-state index in [1.165, 1.54) is 11.1 Å². The third-order valence-electron chi connectivity index (χ3n) is 3.72. The summed E-state index contributed by atoms with van der Waals surface area (Å²) in [4.78, 5) is 2.27. The molecular weight excluding hydrogens is 236 g/mol. The molecule has 1 rings (SSSR count). The van der Waals surface area contributed by atoms with Gasteiger partial charge in [-0.2, -0.15) is 0 Å². The minimum Gasteiger partial charge on any atom is -0.496 e. The number of methoxy groups -OCH3 is 1. The molecule has 19 heavy (non-hydrogen) atoms. The first-order valence-electron chi connectivity index (χ1n) is 7.06. The summed E-state index contributed by atoms with van der Waals surface area (Å²) in [7, 11) is 5.99. The Morgan fingerprint density at radius 3 is 2.47 bits per heavy atom. The number of rotatable bonds is 7. The van der Waals surface area contributed by atoms with Crippen LogP contribution in [0.1, 0.15) is 37.4 Å². The monoisotopic (exact) mass is 264 g/mol. The Balaban J connectivity index is 3.02. The number of nitrogens with two attached hydrogens (primary N) is 1. The zero-order chi connectivity index (χ0) is 14.4. The Bertz CT molecular complexity index is 390. The summed E-state index contributed by atoms with van der Waals surface area (Å²) in [5, 5.41) is 0. The van der Waals surface area contributed by atoms with E-state index in [9.17, 15) is 0 Å². The first-order valence-corrected chi connectivity index (χ1v) is 7.06. The molecule has 2 unspecified atom stereocenters. The molecule has 0 bridgehead atoms. The number of benzene rings is 1. The molecule has 0 saturated heterocycles. The average Bonchev–Trinajstić information content (AvgIpc) is 2.43. The fourth-order valence-electron chi connectivity index (χ4n) is 2.40. The van der Waals surface area contributed by atoms with Crippen LogP contribution in [-0.2, 0) is 6.42 Å². The summed E-state index contributed by atoms with van der Waals surface area (Å²) in [5.74, 6) is 1.51. The average molecular weight is 264 g/mol. The van der Waals surface area contributed by atoms with Crippen molar-refractivity contribution in [2.24, 2.45) is 11.7 Å². The summed E-state index contributed by atoms with van der Waals surface area (Å²) >= 11 is 0. The van der Waals surface area contributed by atoms with Gasteiger partial charge >= 0.3 is 0 Å². The van der Waals surface area contributed by atoms with Crippen LogP contribution in [0.15, 0.2) is 18.2 Å². The second kappa shape index (κ2) is 7.51. The fourth-order valence-corrected chi connectivity index (χ4v) is 2.40. The van der Waals surface area contributed by atoms with E-state index in [1.54, 1.807) is 7.11 Å². The lowest BCUT2D eigenvalue weighted by atomic mass is 9.93. The highest BCUT2D eigenvalue weighted by atomic mass is 16.5. The van der Waals surface area contributed by atoms with Gasteiger partial charge in [-0.1, -0.05) is 26.0 Å². The van der Waals surface area contributed by atoms with Crippen molar-refractivity contribution in [2.45, 2.75) is 32.7 Å². The van der Waals surface area contributed by atoms with E-state index in [4.69, 9.17) is 10.5 Å². The molecule has 0 aromatic heterocycles. The van der Waals surface area contributed by atoms with E-state index in [0.717, 1.165) is 25.1 Å². The van der Waals surface area contributed by atoms with Gasteiger partial charge in [0, 0.05) is 6.04 Å². The topological polar surface area (TPSA) is 38.5 Å². The Labute approximate surface area is 117 Å². The van der Waals surface area contributed by atoms with Gasteiger partial charge in [-0.05, 0) is 56.6 Å². The number of hydrogen-bond donors (Lipinski definition) is 1. The molecule has 108 valence electrons. The summed E-state index contributed by atoms with van der Waals surface area (Å²) in [6.07, 6.45) is 2.07. The molecule has 0 fully saturated rings. The molecule has 3 nitrogen and oxygen atoms in total. The van der Waals surface area contributed by atoms with Crippen molar-refractivity contribution in [1.29, 1.82) is 0 Å². The van der Waals surface area contributed by atoms with Crippen LogP contribution in [0.2, 0.25) is 0 Å². The zero-order valence-corrected chi connectivity index (χ0v) is 12.9. The van der Waals surface area contributed by atoms with E-state index in [-0.39, 0.29) is 0 Å². The predicted octanol–water partition coefficient (Wildman–Crippen LogP) is 2.85. The molecule has 2 atom stereocenters. The molecule has 0 saturated carbocycles. The summed E-state index contributed by atoms with van der Waals surface area (Å²) in [6.45, 7) is 5.11. The third-order valence-corrected chi connectivity index (χ3v) is 3.72. The molecule has 0 aliphatic carbocycles. The first-order chi connectivity index (χ1) is 9.03. The Morgan fingerprint density at radius 2 is 2.00 bits per heavy atom. The SMILES string of the molecule is CCc1cc(C(CC(C)CN)N(C)C)ccc1OC. The molecule has 0 aliphatic rings. The lowest BCUT2D eigenvalue weighted by Crippen LogP contribution is -2.24. The third kappa shape index (κ3) is 4.22. The molecule has 1 aromatic carbocycles. The Hall–Kier alpha value is -1.06. The van der Waals surface area contributed by atoms with Crippen LogP contribution in [0.5, 0.6) is 5.75 Å². The lowest BCUT2D eigenvalue weighted by Gasteiger charge is -2.28. The second-order valence-electron chi connectivity index (χ2n) is 5.48. The van der Waals surface area contributed by atoms with Gasteiger partial charge in [-0.15, -0.1) is 0 Å². The maximum atomic E-state index is 5.76. The smallest absolute Gasteiger partial charge is 0.122 e. The number of ether oxygens (including phenoxy) is 1. The van der Waals surface area contributed by atoms with E-state index < -0.39 is 0 Å². The van der Waals surface area contributed by atoms with Crippen molar-refractivity contribution >= 4 is 0 Å². The van der Waals surface area contributed by atoms with Crippen molar-refractivity contribution < 1.29 is 4.74 Å². The van der Waals surface area contributed by atoms with E-state index in [2.05, 4.69) is 51.0 Å². The summed E-state index contributed by atoms with van der Waals surface area (Å²) in [6, 6.07) is 6.94. The largest absolute Gasteiger partial charge is 0.496 e. The molecule has 2 N–H and O–H groups in total. The number of hydrogen-bond acceptors (Lipinski definition) is 3. The fraction of sp³-hybridized carbons (Fsp3) is 0.625. The molecule has 0 aliphatic heterocycles. The van der Waals surface area contributed by atoms with Gasteiger partial charge in [-0.3, -0.25) is 0 Å². The van der Waals surface area contributed by atoms with Crippen LogP contribution in [-0.4, -0.2) is 32.6 Å². The molecule has 0 amide bonds. The number of nitrogens with zero attached hydrogens (tertiary/aromatic N) is 1. The minimum atomic E-state index is 0.412. The normalized spacial score (nSPS) is 14.5. The second-order valence-corrected chi connectivity index (χ2v) is 5.48. The first kappa shape index (κ1) is 16.0. The van der Waals surface area contributed by atoms with Gasteiger partial charge in [0.15, 0.2) is 0 Å². The molecule has 3 heteroatoms. The molecule has 0 spiro atoms. The molecular formula is C16H28N2O. The van der Waals surface area contributed by atoms with E-state index >= 15 is 0 Å². The standard InChI is InChI=1S/C16H28N2O/c1-6-13-10-14(7-8-16(13)19-5)15(18(3)4)9-12(2)11-17/h7-8,10,12,15H,6,9,11,17H2,1-5H3. The van der Waals surface area contributed by atoms with Crippen LogP contribution >= 0.6 is 0 Å². The molecule has 1 aromatic rings. The summed E-state index contributed by atoms with van der Waals surface area (Å²) in [5.41, 5.74) is 8.38. The highest BCUT2D eigenvalue weighted by Gasteiger charge is 2.18.